The molecule has 66 valence electrons. The summed E-state index contributed by atoms with van der Waals surface area (Å²) in [6.07, 6.45) is 1.46. The van der Waals surface area contributed by atoms with E-state index >= 15 is 0 Å². The summed E-state index contributed by atoms with van der Waals surface area (Å²) in [7, 11) is 0. The Morgan fingerprint density at radius 3 is 3.08 bits per heavy atom. The summed E-state index contributed by atoms with van der Waals surface area (Å²) in [5, 5.41) is 0. The van der Waals surface area contributed by atoms with E-state index in [0.717, 1.165) is 0 Å². The molecule has 0 aliphatic heterocycles. The van der Waals surface area contributed by atoms with Crippen LogP contribution in [-0.2, 0) is 11.1 Å². The summed E-state index contributed by atoms with van der Waals surface area (Å²) in [6.45, 7) is 2.48. The van der Waals surface area contributed by atoms with Crippen LogP contribution < -0.4 is 5.43 Å². The van der Waals surface area contributed by atoms with E-state index in [-0.39, 0.29) is 5.43 Å². The molecule has 0 aliphatic carbocycles. The van der Waals surface area contributed by atoms with Gasteiger partial charge in [0.15, 0.2) is 5.43 Å². The molecule has 1 unspecified atom stereocenters. The van der Waals surface area contributed by atoms with Gasteiger partial charge in [-0.05, 0) is 29.0 Å². The van der Waals surface area contributed by atoms with Gasteiger partial charge < -0.3 is 8.94 Å². The molecule has 5 heteroatoms. The fraction of sp³-hybridized carbons (Fsp3) is 0.286. The van der Waals surface area contributed by atoms with Crippen molar-refractivity contribution in [3.8, 4) is 0 Å². The topological polar surface area (TPSA) is 39.4 Å². The number of hydrogen-bond donors (Lipinski definition) is 0. The summed E-state index contributed by atoms with van der Waals surface area (Å²) in [4.78, 5) is 11.1. The van der Waals surface area contributed by atoms with Gasteiger partial charge in [-0.3, -0.25) is 4.79 Å². The van der Waals surface area contributed by atoms with E-state index in [1.165, 1.54) is 12.3 Å². The zero-order valence-corrected chi connectivity index (χ0v) is 9.62. The van der Waals surface area contributed by atoms with Gasteiger partial charge in [-0.1, -0.05) is 0 Å². The van der Waals surface area contributed by atoms with Gasteiger partial charge in [0.05, 0.1) is 12.7 Å². The fourth-order valence-electron chi connectivity index (χ4n) is 0.690. The predicted octanol–water partition coefficient (Wildman–Crippen LogP) is 2.41. The smallest absolute Gasteiger partial charge is 0.188 e. The Balaban J connectivity index is 2.76. The van der Waals surface area contributed by atoms with Crippen LogP contribution in [0.15, 0.2) is 21.5 Å². The van der Waals surface area contributed by atoms with Crippen molar-refractivity contribution in [2.24, 2.45) is 0 Å². The second-order valence-electron chi connectivity index (χ2n) is 2.26. The molecule has 0 aromatic carbocycles. The molecule has 0 aliphatic rings. The van der Waals surface area contributed by atoms with Crippen molar-refractivity contribution in [2.75, 3.05) is 0 Å². The SMILES string of the molecule is Cc1coc(COPI)cc1=O. The molecule has 1 atom stereocenters. The Morgan fingerprint density at radius 2 is 2.50 bits per heavy atom. The molecule has 0 saturated heterocycles. The molecule has 3 nitrogen and oxygen atoms in total. The van der Waals surface area contributed by atoms with Gasteiger partial charge in [-0.15, -0.1) is 0 Å². The highest BCUT2D eigenvalue weighted by Crippen LogP contribution is 2.23. The maximum Gasteiger partial charge on any atom is 0.188 e. The van der Waals surface area contributed by atoms with Crippen molar-refractivity contribution in [1.82, 2.24) is 0 Å². The van der Waals surface area contributed by atoms with Crippen LogP contribution in [0.5, 0.6) is 0 Å². The number of rotatable bonds is 3. The first-order valence-electron chi connectivity index (χ1n) is 3.30. The first-order valence-corrected chi connectivity index (χ1v) is 7.32. The second-order valence-corrected chi connectivity index (χ2v) is 4.02. The highest BCUT2D eigenvalue weighted by molar-refractivity contribution is 14.2. The Hall–Kier alpha value is 0.0700. The predicted molar refractivity (Wildman–Crippen MR) is 56.8 cm³/mol. The van der Waals surface area contributed by atoms with Crippen molar-refractivity contribution in [1.29, 1.82) is 0 Å². The number of hydrogen-bond acceptors (Lipinski definition) is 3. The van der Waals surface area contributed by atoms with Crippen LogP contribution in [0.3, 0.4) is 0 Å². The van der Waals surface area contributed by atoms with E-state index in [4.69, 9.17) is 8.94 Å². The Morgan fingerprint density at radius 1 is 1.75 bits per heavy atom. The third kappa shape index (κ3) is 2.84. The fourth-order valence-corrected chi connectivity index (χ4v) is 1.35. The summed E-state index contributed by atoms with van der Waals surface area (Å²) < 4.78 is 10.2. The summed E-state index contributed by atoms with van der Waals surface area (Å²) in [6, 6.07) is 1.46. The molecule has 0 bridgehead atoms. The molecule has 0 spiro atoms. The van der Waals surface area contributed by atoms with Crippen molar-refractivity contribution < 1.29 is 8.94 Å². The van der Waals surface area contributed by atoms with Crippen LogP contribution >= 0.6 is 28.5 Å². The largest absolute Gasteiger partial charge is 0.466 e. The van der Waals surface area contributed by atoms with Gasteiger partial charge in [-0.25, -0.2) is 0 Å². The lowest BCUT2D eigenvalue weighted by atomic mass is 10.3. The highest BCUT2D eigenvalue weighted by atomic mass is 127. The van der Waals surface area contributed by atoms with Crippen LogP contribution in [0.25, 0.3) is 0 Å². The van der Waals surface area contributed by atoms with E-state index in [0.29, 0.717) is 24.4 Å². The minimum Gasteiger partial charge on any atom is -0.466 e. The van der Waals surface area contributed by atoms with Gasteiger partial charge in [0.2, 0.25) is 0 Å². The van der Waals surface area contributed by atoms with Crippen LogP contribution in [-0.4, -0.2) is 0 Å². The maximum atomic E-state index is 11.1. The molecule has 12 heavy (non-hydrogen) atoms. The monoisotopic (exact) mass is 298 g/mol. The second kappa shape index (κ2) is 4.94. The molecule has 1 rings (SSSR count). The summed E-state index contributed by atoms with van der Waals surface area (Å²) in [5.41, 5.74) is 0.618. The van der Waals surface area contributed by atoms with Gasteiger partial charge in [0.25, 0.3) is 0 Å². The zero-order valence-electron chi connectivity index (χ0n) is 6.46. The molecule has 1 heterocycles. The lowest BCUT2D eigenvalue weighted by Gasteiger charge is -1.98. The highest BCUT2D eigenvalue weighted by Gasteiger charge is 1.98. The molecule has 0 fully saturated rings. The molecule has 1 aromatic rings. The van der Waals surface area contributed by atoms with Crippen molar-refractivity contribution in [3.63, 3.8) is 0 Å². The van der Waals surface area contributed by atoms with Crippen molar-refractivity contribution in [2.45, 2.75) is 13.5 Å². The molecular weight excluding hydrogens is 290 g/mol. The van der Waals surface area contributed by atoms with E-state index in [1.54, 1.807) is 6.92 Å². The maximum absolute atomic E-state index is 11.1. The zero-order chi connectivity index (χ0) is 8.97. The van der Waals surface area contributed by atoms with Crippen LogP contribution in [0.4, 0.5) is 0 Å². The number of halogens is 1. The minimum absolute atomic E-state index is 0.00311. The number of aryl methyl sites for hydroxylation is 1. The lowest BCUT2D eigenvalue weighted by molar-refractivity contribution is 0.305. The third-order valence-corrected chi connectivity index (χ3v) is 2.52. The first kappa shape index (κ1) is 10.2. The Bertz CT molecular complexity index is 310. The van der Waals surface area contributed by atoms with E-state index in [2.05, 4.69) is 22.0 Å². The van der Waals surface area contributed by atoms with Gasteiger partial charge in [-0.2, -0.15) is 0 Å². The molecule has 0 saturated carbocycles. The average molecular weight is 298 g/mol. The van der Waals surface area contributed by atoms with Gasteiger partial charge >= 0.3 is 0 Å². The van der Waals surface area contributed by atoms with Crippen LogP contribution in [0.2, 0.25) is 0 Å². The molecule has 0 amide bonds. The van der Waals surface area contributed by atoms with Crippen molar-refractivity contribution in [3.05, 3.63) is 33.9 Å². The van der Waals surface area contributed by atoms with E-state index in [9.17, 15) is 4.79 Å². The minimum atomic E-state index is -0.00311. The molecular formula is C7H8IO3P. The first-order chi connectivity index (χ1) is 5.74. The average Bonchev–Trinajstić information content (AvgIpc) is 2.07. The Labute approximate surface area is 84.8 Å². The molecule has 1 aromatic heterocycles. The van der Waals surface area contributed by atoms with E-state index < -0.39 is 0 Å². The van der Waals surface area contributed by atoms with Gasteiger partial charge in [0.1, 0.15) is 12.4 Å². The van der Waals surface area contributed by atoms with Crippen LogP contribution in [0, 0.1) is 6.92 Å². The standard InChI is InChI=1S/C7H8IO3P/c1-5-3-10-6(2-7(5)9)4-11-12-8/h2-3,12H,4H2,1H3. The third-order valence-electron chi connectivity index (χ3n) is 1.34. The van der Waals surface area contributed by atoms with E-state index in [1.807, 2.05) is 0 Å². The molecule has 0 N–H and O–H groups in total. The lowest BCUT2D eigenvalue weighted by Crippen LogP contribution is -2.03. The van der Waals surface area contributed by atoms with Crippen molar-refractivity contribution >= 4 is 28.5 Å². The summed E-state index contributed by atoms with van der Waals surface area (Å²) >= 11 is 2.12. The quantitative estimate of drug-likeness (QED) is 0.635. The summed E-state index contributed by atoms with van der Waals surface area (Å²) in [5.74, 6) is 0.578. The van der Waals surface area contributed by atoms with Crippen LogP contribution in [0.1, 0.15) is 11.3 Å². The normalized spacial score (nSPS) is 11.2. The van der Waals surface area contributed by atoms with Gasteiger partial charge in [0, 0.05) is 11.6 Å². The Kier molecular flexibility index (Phi) is 4.18. The molecule has 0 radical (unpaired) electrons.